The summed E-state index contributed by atoms with van der Waals surface area (Å²) in [5.41, 5.74) is 2.62. The lowest BCUT2D eigenvalue weighted by molar-refractivity contribution is 0.0930. The molecule has 2 aromatic carbocycles. The number of H-pyrrole nitrogens is 1. The number of hydrogen-bond acceptors (Lipinski definition) is 6. The molecule has 1 aliphatic rings. The number of amides is 1. The van der Waals surface area contributed by atoms with E-state index in [4.69, 9.17) is 14.2 Å². The zero-order valence-corrected chi connectivity index (χ0v) is 20.7. The average Bonchev–Trinajstić information content (AvgIpc) is 3.37. The molecule has 0 bridgehead atoms. The van der Waals surface area contributed by atoms with Gasteiger partial charge in [0.25, 0.3) is 5.91 Å². The maximum absolute atomic E-state index is 13.1. The number of carbonyl (C=O) groups excluding carboxylic acids is 1. The number of benzene rings is 2. The van der Waals surface area contributed by atoms with E-state index >= 15 is 0 Å². The first kappa shape index (κ1) is 24.4. The van der Waals surface area contributed by atoms with Gasteiger partial charge in [-0.1, -0.05) is 30.3 Å². The Morgan fingerprint density at radius 2 is 1.60 bits per heavy atom. The van der Waals surface area contributed by atoms with Gasteiger partial charge in [0.15, 0.2) is 17.3 Å². The van der Waals surface area contributed by atoms with E-state index in [2.05, 4.69) is 38.6 Å². The minimum atomic E-state index is -0.139. The lowest BCUT2D eigenvalue weighted by atomic mass is 10.0. The molecule has 3 aromatic rings. The molecule has 1 aliphatic heterocycles. The van der Waals surface area contributed by atoms with Gasteiger partial charge in [-0.15, -0.1) is 0 Å². The molecule has 8 heteroatoms. The number of carbonyl (C=O) groups is 1. The minimum absolute atomic E-state index is 0.0870. The van der Waals surface area contributed by atoms with Gasteiger partial charge in [0, 0.05) is 30.8 Å². The SMILES string of the molecule is CCOc1cc(C(=O)NC2CCN(c3cc(-c4ccccc4)[nH]n3)CC2)cc(OCC)c1OCC. The van der Waals surface area contributed by atoms with Crippen molar-refractivity contribution in [3.05, 3.63) is 54.1 Å². The van der Waals surface area contributed by atoms with Gasteiger partial charge < -0.3 is 24.4 Å². The molecule has 0 saturated carbocycles. The van der Waals surface area contributed by atoms with Crippen LogP contribution in [0.5, 0.6) is 17.2 Å². The third-order valence-corrected chi connectivity index (χ3v) is 5.97. The molecule has 2 heterocycles. The van der Waals surface area contributed by atoms with Crippen molar-refractivity contribution in [2.75, 3.05) is 37.8 Å². The Morgan fingerprint density at radius 3 is 2.20 bits per heavy atom. The Bertz CT molecular complexity index is 1080. The molecular weight excluding hydrogens is 444 g/mol. The first-order chi connectivity index (χ1) is 17.1. The fraction of sp³-hybridized carbons (Fsp3) is 0.407. The van der Waals surface area contributed by atoms with Crippen LogP contribution in [0.3, 0.4) is 0 Å². The number of nitrogens with zero attached hydrogens (tertiary/aromatic N) is 2. The first-order valence-electron chi connectivity index (χ1n) is 12.4. The van der Waals surface area contributed by atoms with Crippen molar-refractivity contribution in [1.29, 1.82) is 0 Å². The van der Waals surface area contributed by atoms with E-state index in [1.165, 1.54) is 0 Å². The average molecular weight is 479 g/mol. The number of nitrogens with one attached hydrogen (secondary N) is 2. The van der Waals surface area contributed by atoms with Gasteiger partial charge in [0.05, 0.1) is 25.5 Å². The Labute approximate surface area is 206 Å². The second kappa shape index (κ2) is 11.6. The molecule has 0 unspecified atom stereocenters. The molecule has 1 fully saturated rings. The molecule has 0 radical (unpaired) electrons. The fourth-order valence-corrected chi connectivity index (χ4v) is 4.28. The highest BCUT2D eigenvalue weighted by molar-refractivity contribution is 5.95. The summed E-state index contributed by atoms with van der Waals surface area (Å²) in [7, 11) is 0. The number of ether oxygens (including phenoxy) is 3. The van der Waals surface area contributed by atoms with Crippen LogP contribution in [0.25, 0.3) is 11.3 Å². The zero-order chi connectivity index (χ0) is 24.6. The number of piperidine rings is 1. The normalized spacial score (nSPS) is 14.0. The fourth-order valence-electron chi connectivity index (χ4n) is 4.28. The molecule has 1 aromatic heterocycles. The molecule has 1 saturated heterocycles. The van der Waals surface area contributed by atoms with Crippen LogP contribution in [-0.4, -0.2) is 55.1 Å². The molecule has 8 nitrogen and oxygen atoms in total. The van der Waals surface area contributed by atoms with Crippen LogP contribution in [0.1, 0.15) is 44.0 Å². The van der Waals surface area contributed by atoms with Gasteiger partial charge in [0.2, 0.25) is 5.75 Å². The zero-order valence-electron chi connectivity index (χ0n) is 20.7. The van der Waals surface area contributed by atoms with Crippen LogP contribution in [0.2, 0.25) is 0 Å². The summed E-state index contributed by atoms with van der Waals surface area (Å²) in [4.78, 5) is 15.4. The summed E-state index contributed by atoms with van der Waals surface area (Å²) in [6.07, 6.45) is 1.68. The van der Waals surface area contributed by atoms with E-state index in [-0.39, 0.29) is 11.9 Å². The van der Waals surface area contributed by atoms with Crippen molar-refractivity contribution in [3.63, 3.8) is 0 Å². The lowest BCUT2D eigenvalue weighted by Crippen LogP contribution is -2.44. The molecule has 1 amide bonds. The summed E-state index contributed by atoms with van der Waals surface area (Å²) < 4.78 is 17.3. The molecule has 4 rings (SSSR count). The molecular formula is C27H34N4O4. The van der Waals surface area contributed by atoms with E-state index in [9.17, 15) is 4.79 Å². The summed E-state index contributed by atoms with van der Waals surface area (Å²) in [5.74, 6) is 2.37. The summed E-state index contributed by atoms with van der Waals surface area (Å²) in [5, 5.41) is 10.8. The molecule has 0 aliphatic carbocycles. The van der Waals surface area contributed by atoms with E-state index in [1.807, 2.05) is 39.0 Å². The Hall–Kier alpha value is -3.68. The van der Waals surface area contributed by atoms with Crippen molar-refractivity contribution in [2.45, 2.75) is 39.7 Å². The molecule has 186 valence electrons. The Kier molecular flexibility index (Phi) is 8.13. The molecule has 35 heavy (non-hydrogen) atoms. The topological polar surface area (TPSA) is 88.7 Å². The third kappa shape index (κ3) is 5.88. The predicted molar refractivity (Wildman–Crippen MR) is 137 cm³/mol. The third-order valence-electron chi connectivity index (χ3n) is 5.97. The van der Waals surface area contributed by atoms with Gasteiger partial charge in [-0.3, -0.25) is 9.89 Å². The Balaban J connectivity index is 1.39. The van der Waals surface area contributed by atoms with Crippen LogP contribution >= 0.6 is 0 Å². The van der Waals surface area contributed by atoms with Crippen LogP contribution < -0.4 is 24.4 Å². The van der Waals surface area contributed by atoms with E-state index in [0.29, 0.717) is 42.6 Å². The summed E-state index contributed by atoms with van der Waals surface area (Å²) in [6, 6.07) is 15.8. The lowest BCUT2D eigenvalue weighted by Gasteiger charge is -2.32. The minimum Gasteiger partial charge on any atom is -0.490 e. The molecule has 2 N–H and O–H groups in total. The van der Waals surface area contributed by atoms with Crippen molar-refractivity contribution in [3.8, 4) is 28.5 Å². The van der Waals surface area contributed by atoms with Crippen molar-refractivity contribution >= 4 is 11.7 Å². The van der Waals surface area contributed by atoms with Crippen molar-refractivity contribution in [1.82, 2.24) is 15.5 Å². The largest absolute Gasteiger partial charge is 0.490 e. The quantitative estimate of drug-likeness (QED) is 0.440. The second-order valence-corrected chi connectivity index (χ2v) is 8.34. The van der Waals surface area contributed by atoms with Crippen molar-refractivity contribution in [2.24, 2.45) is 0 Å². The van der Waals surface area contributed by atoms with E-state index < -0.39 is 0 Å². The van der Waals surface area contributed by atoms with Gasteiger partial charge in [-0.2, -0.15) is 5.10 Å². The standard InChI is InChI=1S/C27H34N4O4/c1-4-33-23-16-20(17-24(34-5-2)26(23)35-6-3)27(32)28-21-12-14-31(15-13-21)25-18-22(29-30-25)19-10-8-7-9-11-19/h7-11,16-18,21H,4-6,12-15H2,1-3H3,(H,28,32)(H,29,30). The highest BCUT2D eigenvalue weighted by Gasteiger charge is 2.24. The second-order valence-electron chi connectivity index (χ2n) is 8.34. The Morgan fingerprint density at radius 1 is 0.971 bits per heavy atom. The summed E-state index contributed by atoms with van der Waals surface area (Å²) >= 11 is 0. The highest BCUT2D eigenvalue weighted by Crippen LogP contribution is 2.39. The number of anilines is 1. The van der Waals surface area contributed by atoms with Crippen LogP contribution in [0.4, 0.5) is 5.82 Å². The molecule has 0 spiro atoms. The number of aromatic amines is 1. The maximum atomic E-state index is 13.1. The number of rotatable bonds is 10. The predicted octanol–water partition coefficient (Wildman–Crippen LogP) is 4.67. The first-order valence-corrected chi connectivity index (χ1v) is 12.4. The van der Waals surface area contributed by atoms with Crippen molar-refractivity contribution < 1.29 is 19.0 Å². The van der Waals surface area contributed by atoms with Gasteiger partial charge in [0.1, 0.15) is 0 Å². The van der Waals surface area contributed by atoms with Crippen LogP contribution in [0, 0.1) is 0 Å². The van der Waals surface area contributed by atoms with Crippen LogP contribution in [-0.2, 0) is 0 Å². The number of aromatic nitrogens is 2. The summed E-state index contributed by atoms with van der Waals surface area (Å²) in [6.45, 7) is 8.76. The number of hydrogen-bond donors (Lipinski definition) is 2. The van der Waals surface area contributed by atoms with Gasteiger partial charge in [-0.25, -0.2) is 0 Å². The van der Waals surface area contributed by atoms with E-state index in [1.54, 1.807) is 12.1 Å². The highest BCUT2D eigenvalue weighted by atomic mass is 16.5. The van der Waals surface area contributed by atoms with Gasteiger partial charge >= 0.3 is 0 Å². The van der Waals surface area contributed by atoms with Gasteiger partial charge in [-0.05, 0) is 51.3 Å². The maximum Gasteiger partial charge on any atom is 0.251 e. The van der Waals surface area contributed by atoms with E-state index in [0.717, 1.165) is 43.0 Å². The van der Waals surface area contributed by atoms with Crippen LogP contribution in [0.15, 0.2) is 48.5 Å². The smallest absolute Gasteiger partial charge is 0.251 e. The molecule has 0 atom stereocenters. The monoisotopic (exact) mass is 478 g/mol.